The van der Waals surface area contributed by atoms with Crippen LogP contribution in [0, 0.1) is 12.7 Å². The van der Waals surface area contributed by atoms with Gasteiger partial charge in [-0.25, -0.2) is 4.39 Å². The maximum atomic E-state index is 13.4. The lowest BCUT2D eigenvalue weighted by molar-refractivity contribution is 0.406. The average molecular weight is 352 g/mol. The van der Waals surface area contributed by atoms with Crippen LogP contribution < -0.4 is 10.1 Å². The van der Waals surface area contributed by atoms with Gasteiger partial charge < -0.3 is 10.1 Å². The normalized spacial score (nSPS) is 12.2. The highest BCUT2D eigenvalue weighted by molar-refractivity contribution is 9.10. The zero-order valence-corrected chi connectivity index (χ0v) is 14.0. The predicted molar refractivity (Wildman–Crippen MR) is 87.3 cm³/mol. The Hall–Kier alpha value is -1.39. The number of methoxy groups -OCH3 is 1. The van der Waals surface area contributed by atoms with E-state index in [0.29, 0.717) is 5.56 Å². The Kier molecular flexibility index (Phi) is 5.37. The Labute approximate surface area is 133 Å². The molecule has 0 spiro atoms. The van der Waals surface area contributed by atoms with Gasteiger partial charge in [-0.3, -0.25) is 0 Å². The number of halogens is 2. The largest absolute Gasteiger partial charge is 0.496 e. The van der Waals surface area contributed by atoms with Gasteiger partial charge in [-0.15, -0.1) is 0 Å². The lowest BCUT2D eigenvalue weighted by Gasteiger charge is -2.19. The Morgan fingerprint density at radius 1 is 1.24 bits per heavy atom. The molecule has 0 aliphatic carbocycles. The van der Waals surface area contributed by atoms with Crippen LogP contribution in [0.25, 0.3) is 0 Å². The van der Waals surface area contributed by atoms with Gasteiger partial charge in [0.25, 0.3) is 0 Å². The van der Waals surface area contributed by atoms with Crippen molar-refractivity contribution < 1.29 is 9.13 Å². The molecule has 4 heteroatoms. The van der Waals surface area contributed by atoms with Crippen molar-refractivity contribution in [1.29, 1.82) is 0 Å². The Balaban J connectivity index is 2.30. The number of hydrogen-bond donors (Lipinski definition) is 1. The lowest BCUT2D eigenvalue weighted by Crippen LogP contribution is -2.19. The molecule has 112 valence electrons. The van der Waals surface area contributed by atoms with Gasteiger partial charge in [-0.1, -0.05) is 28.1 Å². The Morgan fingerprint density at radius 2 is 2.00 bits per heavy atom. The first-order valence-corrected chi connectivity index (χ1v) is 7.60. The van der Waals surface area contributed by atoms with Crippen LogP contribution >= 0.6 is 15.9 Å². The smallest absolute Gasteiger partial charge is 0.126 e. The number of aryl methyl sites for hydroxylation is 1. The third-order valence-corrected chi connectivity index (χ3v) is 4.09. The van der Waals surface area contributed by atoms with E-state index in [1.165, 1.54) is 6.07 Å². The molecule has 0 saturated heterocycles. The molecule has 2 aromatic rings. The second kappa shape index (κ2) is 7.05. The molecule has 0 heterocycles. The molecule has 2 aromatic carbocycles. The monoisotopic (exact) mass is 351 g/mol. The predicted octanol–water partition coefficient (Wildman–Crippen LogP) is 4.41. The standard InChI is InChI=1S/C17H19BrFNO/c1-11-8-12(4-6-15(11)19)16(20-2)10-13-9-14(18)5-7-17(13)21-3/h4-9,16,20H,10H2,1-3H3. The molecule has 0 aliphatic heterocycles. The average Bonchev–Trinajstić information content (AvgIpc) is 2.48. The molecule has 2 nitrogen and oxygen atoms in total. The molecule has 0 aliphatic rings. The highest BCUT2D eigenvalue weighted by Gasteiger charge is 2.14. The maximum absolute atomic E-state index is 13.4. The quantitative estimate of drug-likeness (QED) is 0.861. The number of likely N-dealkylation sites (N-methyl/N-ethyl adjacent to an activating group) is 1. The molecule has 2 rings (SSSR count). The topological polar surface area (TPSA) is 21.3 Å². The van der Waals surface area contributed by atoms with Crippen LogP contribution in [0.4, 0.5) is 4.39 Å². The summed E-state index contributed by atoms with van der Waals surface area (Å²) in [4.78, 5) is 0. The molecule has 1 unspecified atom stereocenters. The minimum absolute atomic E-state index is 0.104. The molecular formula is C17H19BrFNO. The van der Waals surface area contributed by atoms with Crippen molar-refractivity contribution in [3.63, 3.8) is 0 Å². The van der Waals surface area contributed by atoms with Gasteiger partial charge in [0.15, 0.2) is 0 Å². The molecule has 0 radical (unpaired) electrons. The zero-order chi connectivity index (χ0) is 15.4. The first-order valence-electron chi connectivity index (χ1n) is 6.81. The molecule has 1 N–H and O–H groups in total. The van der Waals surface area contributed by atoms with Crippen LogP contribution in [0.1, 0.15) is 22.7 Å². The highest BCUT2D eigenvalue weighted by atomic mass is 79.9. The van der Waals surface area contributed by atoms with Gasteiger partial charge in [-0.2, -0.15) is 0 Å². The molecule has 0 bridgehead atoms. The summed E-state index contributed by atoms with van der Waals surface area (Å²) in [6, 6.07) is 11.3. The third kappa shape index (κ3) is 3.83. The van der Waals surface area contributed by atoms with E-state index in [2.05, 4.69) is 27.3 Å². The lowest BCUT2D eigenvalue weighted by atomic mass is 9.97. The third-order valence-electron chi connectivity index (χ3n) is 3.60. The van der Waals surface area contributed by atoms with Crippen molar-refractivity contribution >= 4 is 15.9 Å². The van der Waals surface area contributed by atoms with E-state index in [-0.39, 0.29) is 11.9 Å². The van der Waals surface area contributed by atoms with E-state index in [9.17, 15) is 4.39 Å². The number of nitrogens with one attached hydrogen (secondary N) is 1. The maximum Gasteiger partial charge on any atom is 0.126 e. The van der Waals surface area contributed by atoms with Gasteiger partial charge in [0, 0.05) is 10.5 Å². The summed E-state index contributed by atoms with van der Waals surface area (Å²) in [5.74, 6) is 0.686. The van der Waals surface area contributed by atoms with E-state index in [1.807, 2.05) is 31.3 Å². The summed E-state index contributed by atoms with van der Waals surface area (Å²) in [5.41, 5.74) is 2.83. The van der Waals surface area contributed by atoms with Crippen molar-refractivity contribution in [3.05, 3.63) is 63.4 Å². The van der Waals surface area contributed by atoms with Crippen LogP contribution in [-0.2, 0) is 6.42 Å². The van der Waals surface area contributed by atoms with Crippen LogP contribution in [0.2, 0.25) is 0 Å². The van der Waals surface area contributed by atoms with Crippen molar-refractivity contribution in [2.24, 2.45) is 0 Å². The van der Waals surface area contributed by atoms with E-state index in [0.717, 1.165) is 27.8 Å². The highest BCUT2D eigenvalue weighted by Crippen LogP contribution is 2.28. The molecule has 0 aromatic heterocycles. The van der Waals surface area contributed by atoms with Crippen molar-refractivity contribution in [2.45, 2.75) is 19.4 Å². The van der Waals surface area contributed by atoms with Crippen LogP contribution in [0.3, 0.4) is 0 Å². The summed E-state index contributed by atoms with van der Waals surface area (Å²) in [7, 11) is 3.58. The van der Waals surface area contributed by atoms with Crippen LogP contribution in [0.15, 0.2) is 40.9 Å². The van der Waals surface area contributed by atoms with Gasteiger partial charge in [0.1, 0.15) is 11.6 Å². The van der Waals surface area contributed by atoms with Crippen molar-refractivity contribution in [3.8, 4) is 5.75 Å². The zero-order valence-electron chi connectivity index (χ0n) is 12.4. The molecule has 0 saturated carbocycles. The minimum Gasteiger partial charge on any atom is -0.496 e. The van der Waals surface area contributed by atoms with E-state index in [4.69, 9.17) is 4.74 Å². The first-order chi connectivity index (χ1) is 10.0. The van der Waals surface area contributed by atoms with Gasteiger partial charge >= 0.3 is 0 Å². The number of rotatable bonds is 5. The second-order valence-corrected chi connectivity index (χ2v) is 5.93. The Bertz CT molecular complexity index is 630. The van der Waals surface area contributed by atoms with Crippen LogP contribution in [0.5, 0.6) is 5.75 Å². The van der Waals surface area contributed by atoms with E-state index in [1.54, 1.807) is 14.0 Å². The van der Waals surface area contributed by atoms with Gasteiger partial charge in [-0.05, 0) is 61.3 Å². The molecule has 1 atom stereocenters. The number of hydrogen-bond acceptors (Lipinski definition) is 2. The SMILES string of the molecule is CNC(Cc1cc(Br)ccc1OC)c1ccc(F)c(C)c1. The van der Waals surface area contributed by atoms with Gasteiger partial charge in [0.05, 0.1) is 7.11 Å². The molecule has 0 fully saturated rings. The van der Waals surface area contributed by atoms with Gasteiger partial charge in [0.2, 0.25) is 0 Å². The summed E-state index contributed by atoms with van der Waals surface area (Å²) in [6.45, 7) is 1.78. The van der Waals surface area contributed by atoms with Crippen molar-refractivity contribution in [2.75, 3.05) is 14.2 Å². The Morgan fingerprint density at radius 3 is 2.62 bits per heavy atom. The number of benzene rings is 2. The minimum atomic E-state index is -0.173. The molecule has 21 heavy (non-hydrogen) atoms. The number of ether oxygens (including phenoxy) is 1. The molecular weight excluding hydrogens is 333 g/mol. The van der Waals surface area contributed by atoms with E-state index < -0.39 is 0 Å². The van der Waals surface area contributed by atoms with Crippen molar-refractivity contribution in [1.82, 2.24) is 5.32 Å². The van der Waals surface area contributed by atoms with E-state index >= 15 is 0 Å². The summed E-state index contributed by atoms with van der Waals surface area (Å²) >= 11 is 3.49. The fourth-order valence-corrected chi connectivity index (χ4v) is 2.81. The summed E-state index contributed by atoms with van der Waals surface area (Å²) in [6.07, 6.45) is 0.768. The second-order valence-electron chi connectivity index (χ2n) is 5.01. The fourth-order valence-electron chi connectivity index (χ4n) is 2.40. The summed E-state index contributed by atoms with van der Waals surface area (Å²) < 4.78 is 19.9. The van der Waals surface area contributed by atoms with Crippen LogP contribution in [-0.4, -0.2) is 14.2 Å². The first kappa shape index (κ1) is 16.0. The molecule has 0 amide bonds. The summed E-state index contributed by atoms with van der Waals surface area (Å²) in [5, 5.41) is 3.29. The fraction of sp³-hybridized carbons (Fsp3) is 0.294.